The zero-order valence-corrected chi connectivity index (χ0v) is 20.5. The Morgan fingerprint density at radius 2 is 1.94 bits per heavy atom. The maximum atomic E-state index is 12.6. The molecule has 0 radical (unpaired) electrons. The fraction of sp³-hybridized carbons (Fsp3) is 0.429. The van der Waals surface area contributed by atoms with Crippen molar-refractivity contribution in [1.82, 2.24) is 14.8 Å². The van der Waals surface area contributed by atoms with Gasteiger partial charge in [0.1, 0.15) is 5.00 Å². The molecule has 3 heterocycles. The van der Waals surface area contributed by atoms with Crippen LogP contribution in [0.15, 0.2) is 22.7 Å². The number of ether oxygens (including phenoxy) is 1. The highest BCUT2D eigenvalue weighted by atomic mass is 32.2. The van der Waals surface area contributed by atoms with E-state index in [1.807, 2.05) is 6.92 Å². The van der Waals surface area contributed by atoms with Gasteiger partial charge in [-0.15, -0.1) is 32.9 Å². The number of aryl methyl sites for hydroxylation is 2. The molecule has 3 rings (SSSR count). The normalized spacial score (nSPS) is 11.0. The van der Waals surface area contributed by atoms with Gasteiger partial charge >= 0.3 is 5.97 Å². The Hall–Kier alpha value is -2.17. The van der Waals surface area contributed by atoms with Crippen molar-refractivity contribution < 1.29 is 14.3 Å². The van der Waals surface area contributed by atoms with Crippen LogP contribution in [0.25, 0.3) is 11.4 Å². The molecule has 7 nitrogen and oxygen atoms in total. The molecule has 0 aliphatic heterocycles. The first-order valence-electron chi connectivity index (χ1n) is 10.1. The van der Waals surface area contributed by atoms with Crippen LogP contribution in [0.5, 0.6) is 0 Å². The highest BCUT2D eigenvalue weighted by molar-refractivity contribution is 7.99. The van der Waals surface area contributed by atoms with Gasteiger partial charge in [-0.05, 0) is 31.4 Å². The van der Waals surface area contributed by atoms with Crippen LogP contribution in [0.4, 0.5) is 5.00 Å². The molecule has 0 saturated carbocycles. The van der Waals surface area contributed by atoms with Gasteiger partial charge in [0.05, 0.1) is 18.4 Å². The van der Waals surface area contributed by atoms with E-state index in [9.17, 15) is 9.59 Å². The summed E-state index contributed by atoms with van der Waals surface area (Å²) in [5.74, 6) is 0.357. The van der Waals surface area contributed by atoms with Crippen LogP contribution in [0.2, 0.25) is 0 Å². The number of carbonyl (C=O) groups is 2. The Morgan fingerprint density at radius 1 is 1.16 bits per heavy atom. The highest BCUT2D eigenvalue weighted by Gasteiger charge is 2.20. The van der Waals surface area contributed by atoms with Crippen molar-refractivity contribution in [2.45, 2.75) is 51.7 Å². The molecule has 1 amide bonds. The molecule has 0 spiro atoms. The standard InChI is InChI=1S/C21H26N4O3S3/c1-5-8-25-18(13-9-14(6-2)29-11-13)23-24-21(25)30-12-17(26)22-19-16(20(27)28-4)10-15(7-3)31-19/h9-11H,5-8,12H2,1-4H3,(H,22,26). The number of hydrogen-bond acceptors (Lipinski definition) is 8. The molecule has 0 bridgehead atoms. The monoisotopic (exact) mass is 478 g/mol. The maximum Gasteiger partial charge on any atom is 0.340 e. The lowest BCUT2D eigenvalue weighted by Gasteiger charge is -2.08. The Labute approximate surface area is 194 Å². The summed E-state index contributed by atoms with van der Waals surface area (Å²) in [6, 6.07) is 3.92. The number of hydrogen-bond donors (Lipinski definition) is 1. The number of esters is 1. The van der Waals surface area contributed by atoms with Gasteiger partial charge in [-0.25, -0.2) is 4.79 Å². The molecule has 3 aromatic heterocycles. The number of amides is 1. The maximum absolute atomic E-state index is 12.6. The van der Waals surface area contributed by atoms with Crippen molar-refractivity contribution in [1.29, 1.82) is 0 Å². The minimum Gasteiger partial charge on any atom is -0.465 e. The summed E-state index contributed by atoms with van der Waals surface area (Å²) in [5.41, 5.74) is 1.45. The van der Waals surface area contributed by atoms with E-state index in [1.165, 1.54) is 35.1 Å². The molecule has 0 atom stereocenters. The molecule has 0 aliphatic rings. The van der Waals surface area contributed by atoms with Crippen molar-refractivity contribution in [2.24, 2.45) is 0 Å². The molecule has 1 N–H and O–H groups in total. The van der Waals surface area contributed by atoms with Crippen molar-refractivity contribution in [3.8, 4) is 11.4 Å². The van der Waals surface area contributed by atoms with Crippen molar-refractivity contribution >= 4 is 51.3 Å². The van der Waals surface area contributed by atoms with Gasteiger partial charge in [-0.2, -0.15) is 0 Å². The molecule has 3 aromatic rings. The van der Waals surface area contributed by atoms with E-state index >= 15 is 0 Å². The van der Waals surface area contributed by atoms with Crippen molar-refractivity contribution in [3.05, 3.63) is 32.8 Å². The number of carbonyl (C=O) groups excluding carboxylic acids is 2. The van der Waals surface area contributed by atoms with E-state index in [0.29, 0.717) is 15.7 Å². The van der Waals surface area contributed by atoms with Crippen LogP contribution in [0, 0.1) is 0 Å². The van der Waals surface area contributed by atoms with E-state index in [4.69, 9.17) is 4.74 Å². The number of anilines is 1. The predicted molar refractivity (Wildman–Crippen MR) is 127 cm³/mol. The number of methoxy groups -OCH3 is 1. The van der Waals surface area contributed by atoms with Crippen molar-refractivity contribution in [2.75, 3.05) is 18.2 Å². The molecule has 0 unspecified atom stereocenters. The zero-order valence-electron chi connectivity index (χ0n) is 18.1. The third kappa shape index (κ3) is 5.55. The molecule has 0 aliphatic carbocycles. The predicted octanol–water partition coefficient (Wildman–Crippen LogP) is 5.12. The first kappa shape index (κ1) is 23.5. The molecule has 0 aromatic carbocycles. The Morgan fingerprint density at radius 3 is 2.58 bits per heavy atom. The summed E-state index contributed by atoms with van der Waals surface area (Å²) in [7, 11) is 1.34. The molecule has 0 fully saturated rings. The van der Waals surface area contributed by atoms with Crippen LogP contribution in [-0.4, -0.2) is 39.5 Å². The summed E-state index contributed by atoms with van der Waals surface area (Å²) in [4.78, 5) is 26.9. The summed E-state index contributed by atoms with van der Waals surface area (Å²) in [6.07, 6.45) is 2.71. The SMILES string of the molecule is CCCn1c(SCC(=O)Nc2sc(CC)cc2C(=O)OC)nnc1-c1csc(CC)c1. The quantitative estimate of drug-likeness (QED) is 0.321. The Bertz CT molecular complexity index is 1050. The largest absolute Gasteiger partial charge is 0.465 e. The third-order valence-electron chi connectivity index (χ3n) is 4.55. The first-order chi connectivity index (χ1) is 15.0. The molecule has 166 valence electrons. The Kier molecular flexibility index (Phi) is 8.28. The van der Waals surface area contributed by atoms with E-state index in [2.05, 4.69) is 45.4 Å². The minimum atomic E-state index is -0.451. The highest BCUT2D eigenvalue weighted by Crippen LogP contribution is 2.31. The van der Waals surface area contributed by atoms with Gasteiger partial charge < -0.3 is 14.6 Å². The molecular weight excluding hydrogens is 452 g/mol. The fourth-order valence-electron chi connectivity index (χ4n) is 2.98. The average Bonchev–Trinajstić information content (AvgIpc) is 3.50. The molecular formula is C21H26N4O3S3. The summed E-state index contributed by atoms with van der Waals surface area (Å²) in [6.45, 7) is 7.02. The van der Waals surface area contributed by atoms with Crippen LogP contribution in [0.1, 0.15) is 47.3 Å². The van der Waals surface area contributed by atoms with Crippen LogP contribution in [0.3, 0.4) is 0 Å². The van der Waals surface area contributed by atoms with E-state index in [-0.39, 0.29) is 11.7 Å². The van der Waals surface area contributed by atoms with E-state index < -0.39 is 5.97 Å². The fourth-order valence-corrected chi connectivity index (χ4v) is 5.56. The third-order valence-corrected chi connectivity index (χ3v) is 7.79. The smallest absolute Gasteiger partial charge is 0.340 e. The molecule has 31 heavy (non-hydrogen) atoms. The van der Waals surface area contributed by atoms with Gasteiger partial charge in [-0.3, -0.25) is 4.79 Å². The lowest BCUT2D eigenvalue weighted by molar-refractivity contribution is -0.113. The van der Waals surface area contributed by atoms with E-state index in [1.54, 1.807) is 17.4 Å². The van der Waals surface area contributed by atoms with Crippen LogP contribution < -0.4 is 5.32 Å². The summed E-state index contributed by atoms with van der Waals surface area (Å²) in [5, 5.41) is 14.9. The van der Waals surface area contributed by atoms with Gasteiger partial charge in [0.25, 0.3) is 0 Å². The second-order valence-corrected chi connectivity index (χ2v) is 9.83. The van der Waals surface area contributed by atoms with Gasteiger partial charge in [0.15, 0.2) is 11.0 Å². The lowest BCUT2D eigenvalue weighted by Crippen LogP contribution is -2.16. The van der Waals surface area contributed by atoms with E-state index in [0.717, 1.165) is 42.1 Å². The number of thiophene rings is 2. The first-order valence-corrected chi connectivity index (χ1v) is 12.8. The second kappa shape index (κ2) is 10.9. The summed E-state index contributed by atoms with van der Waals surface area (Å²) >= 11 is 4.46. The average molecular weight is 479 g/mol. The minimum absolute atomic E-state index is 0.172. The zero-order chi connectivity index (χ0) is 22.4. The number of aromatic nitrogens is 3. The number of nitrogens with one attached hydrogen (secondary N) is 1. The van der Waals surface area contributed by atoms with Crippen LogP contribution in [-0.2, 0) is 28.9 Å². The lowest BCUT2D eigenvalue weighted by atomic mass is 10.2. The topological polar surface area (TPSA) is 86.1 Å². The number of rotatable bonds is 10. The second-order valence-electron chi connectivity index (χ2n) is 6.75. The Balaban J connectivity index is 1.72. The van der Waals surface area contributed by atoms with Crippen LogP contribution >= 0.6 is 34.4 Å². The van der Waals surface area contributed by atoms with Gasteiger partial charge in [0, 0.05) is 27.2 Å². The van der Waals surface area contributed by atoms with Crippen molar-refractivity contribution in [3.63, 3.8) is 0 Å². The number of nitrogens with zero attached hydrogens (tertiary/aromatic N) is 3. The molecule has 0 saturated heterocycles. The van der Waals surface area contributed by atoms with Gasteiger partial charge in [0.2, 0.25) is 5.91 Å². The molecule has 10 heteroatoms. The van der Waals surface area contributed by atoms with Gasteiger partial charge in [-0.1, -0.05) is 32.5 Å². The summed E-state index contributed by atoms with van der Waals surface area (Å²) < 4.78 is 6.90. The number of thioether (sulfide) groups is 1.